The number of amides is 3. The molecule has 10 nitrogen and oxygen atoms in total. The molecule has 1 aromatic heterocycles. The molecule has 0 radical (unpaired) electrons. The first kappa shape index (κ1) is 24.1. The molecule has 176 valence electrons. The maximum absolute atomic E-state index is 12.1. The fourth-order valence-electron chi connectivity index (χ4n) is 2.90. The van der Waals surface area contributed by atoms with Gasteiger partial charge in [-0.05, 0) is 42.0 Å². The quantitative estimate of drug-likeness (QED) is 0.253. The van der Waals surface area contributed by atoms with Gasteiger partial charge in [-0.25, -0.2) is 5.43 Å². The van der Waals surface area contributed by atoms with Gasteiger partial charge >= 0.3 is 11.8 Å². The lowest BCUT2D eigenvalue weighted by molar-refractivity contribution is -0.136. The second-order valence-electron chi connectivity index (χ2n) is 6.97. The molecule has 0 unspecified atom stereocenters. The van der Waals surface area contributed by atoms with Crippen LogP contribution in [0.3, 0.4) is 0 Å². The van der Waals surface area contributed by atoms with Gasteiger partial charge < -0.3 is 24.5 Å². The molecule has 0 atom stereocenters. The molecule has 3 aromatic rings. The standard InChI is InChI=1S/C24H24N4O6/c1-32-20-11-8-16(12-21(20)33-2)13-22(29)28-26-15-19-10-9-18(34-19)14-25-23(30)24(31)27-17-6-4-3-5-7-17/h3-12,15H,13-14H2,1-2H3,(H,25,30)(H,27,31)(H,28,29)/b26-15-. The van der Waals surface area contributed by atoms with E-state index in [1.807, 2.05) is 0 Å². The summed E-state index contributed by atoms with van der Waals surface area (Å²) in [6.07, 6.45) is 1.43. The Hall–Kier alpha value is -4.60. The molecule has 34 heavy (non-hydrogen) atoms. The van der Waals surface area contributed by atoms with Gasteiger partial charge in [0.15, 0.2) is 11.5 Å². The van der Waals surface area contributed by atoms with E-state index in [0.717, 1.165) is 5.56 Å². The highest BCUT2D eigenvalue weighted by molar-refractivity contribution is 6.39. The average Bonchev–Trinajstić information content (AvgIpc) is 3.30. The fourth-order valence-corrected chi connectivity index (χ4v) is 2.90. The van der Waals surface area contributed by atoms with Crippen LogP contribution in [0.1, 0.15) is 17.1 Å². The molecule has 0 aliphatic rings. The fraction of sp³-hybridized carbons (Fsp3) is 0.167. The van der Waals surface area contributed by atoms with Gasteiger partial charge in [0.25, 0.3) is 0 Å². The highest BCUT2D eigenvalue weighted by Crippen LogP contribution is 2.27. The minimum Gasteiger partial charge on any atom is -0.493 e. The van der Waals surface area contributed by atoms with Crippen LogP contribution in [-0.2, 0) is 27.3 Å². The van der Waals surface area contributed by atoms with Crippen molar-refractivity contribution in [2.45, 2.75) is 13.0 Å². The monoisotopic (exact) mass is 464 g/mol. The van der Waals surface area contributed by atoms with Crippen molar-refractivity contribution < 1.29 is 28.3 Å². The number of nitrogens with zero attached hydrogens (tertiary/aromatic N) is 1. The second kappa shape index (κ2) is 11.9. The van der Waals surface area contributed by atoms with Crippen LogP contribution in [-0.4, -0.2) is 38.2 Å². The molecule has 10 heteroatoms. The van der Waals surface area contributed by atoms with Crippen LogP contribution in [0.5, 0.6) is 11.5 Å². The Bertz CT molecular complexity index is 1170. The van der Waals surface area contributed by atoms with Crippen molar-refractivity contribution in [3.05, 3.63) is 77.7 Å². The van der Waals surface area contributed by atoms with E-state index < -0.39 is 11.8 Å². The smallest absolute Gasteiger partial charge is 0.313 e. The first-order valence-corrected chi connectivity index (χ1v) is 10.2. The topological polar surface area (TPSA) is 131 Å². The van der Waals surface area contributed by atoms with E-state index in [-0.39, 0.29) is 18.9 Å². The lowest BCUT2D eigenvalue weighted by atomic mass is 10.1. The average molecular weight is 464 g/mol. The van der Waals surface area contributed by atoms with Crippen molar-refractivity contribution in [3.63, 3.8) is 0 Å². The Morgan fingerprint density at radius 2 is 1.71 bits per heavy atom. The van der Waals surface area contributed by atoms with Crippen LogP contribution >= 0.6 is 0 Å². The molecule has 0 bridgehead atoms. The van der Waals surface area contributed by atoms with E-state index >= 15 is 0 Å². The highest BCUT2D eigenvalue weighted by Gasteiger charge is 2.14. The number of hydrazone groups is 1. The van der Waals surface area contributed by atoms with Crippen LogP contribution in [0.15, 0.2) is 70.2 Å². The molecule has 0 aliphatic heterocycles. The van der Waals surface area contributed by atoms with Crippen molar-refractivity contribution in [1.82, 2.24) is 10.7 Å². The van der Waals surface area contributed by atoms with E-state index in [1.165, 1.54) is 20.4 Å². The minimum atomic E-state index is -0.794. The van der Waals surface area contributed by atoms with E-state index in [1.54, 1.807) is 60.7 Å². The van der Waals surface area contributed by atoms with Crippen molar-refractivity contribution in [2.24, 2.45) is 5.10 Å². The summed E-state index contributed by atoms with van der Waals surface area (Å²) in [4.78, 5) is 36.0. The molecule has 0 spiro atoms. The Morgan fingerprint density at radius 3 is 2.44 bits per heavy atom. The van der Waals surface area contributed by atoms with Gasteiger partial charge in [-0.2, -0.15) is 5.10 Å². The second-order valence-corrected chi connectivity index (χ2v) is 6.97. The maximum atomic E-state index is 12.1. The number of nitrogens with one attached hydrogen (secondary N) is 3. The molecule has 0 aliphatic carbocycles. The zero-order valence-electron chi connectivity index (χ0n) is 18.7. The summed E-state index contributed by atoms with van der Waals surface area (Å²) in [6.45, 7) is 0.0144. The summed E-state index contributed by atoms with van der Waals surface area (Å²) < 4.78 is 15.9. The van der Waals surface area contributed by atoms with E-state index in [9.17, 15) is 14.4 Å². The Labute approximate surface area is 195 Å². The summed E-state index contributed by atoms with van der Waals surface area (Å²) in [5.41, 5.74) is 3.67. The maximum Gasteiger partial charge on any atom is 0.313 e. The lowest BCUT2D eigenvalue weighted by Crippen LogP contribution is -2.34. The third-order valence-corrected chi connectivity index (χ3v) is 4.54. The van der Waals surface area contributed by atoms with E-state index in [4.69, 9.17) is 13.9 Å². The normalized spacial score (nSPS) is 10.5. The third kappa shape index (κ3) is 6.95. The molecular formula is C24H24N4O6. The molecule has 3 N–H and O–H groups in total. The Kier molecular flexibility index (Phi) is 8.39. The number of rotatable bonds is 9. The van der Waals surface area contributed by atoms with Crippen molar-refractivity contribution >= 4 is 29.6 Å². The summed E-state index contributed by atoms with van der Waals surface area (Å²) in [6, 6.07) is 17.1. The lowest BCUT2D eigenvalue weighted by Gasteiger charge is -2.09. The van der Waals surface area contributed by atoms with Gasteiger partial charge in [0.2, 0.25) is 5.91 Å². The van der Waals surface area contributed by atoms with Crippen molar-refractivity contribution in [1.29, 1.82) is 0 Å². The van der Waals surface area contributed by atoms with Crippen LogP contribution in [0.2, 0.25) is 0 Å². The Balaban J connectivity index is 1.44. The molecule has 0 fully saturated rings. The largest absolute Gasteiger partial charge is 0.493 e. The molecule has 3 rings (SSSR count). The van der Waals surface area contributed by atoms with Gasteiger partial charge in [-0.1, -0.05) is 24.3 Å². The number of para-hydroxylation sites is 1. The van der Waals surface area contributed by atoms with Crippen LogP contribution < -0.4 is 25.5 Å². The number of methoxy groups -OCH3 is 2. The first-order chi connectivity index (χ1) is 16.5. The summed E-state index contributed by atoms with van der Waals surface area (Å²) in [5.74, 6) is -0.0136. The van der Waals surface area contributed by atoms with E-state index in [0.29, 0.717) is 28.7 Å². The first-order valence-electron chi connectivity index (χ1n) is 10.2. The van der Waals surface area contributed by atoms with Crippen LogP contribution in [0.4, 0.5) is 5.69 Å². The van der Waals surface area contributed by atoms with Gasteiger partial charge in [0.1, 0.15) is 11.5 Å². The van der Waals surface area contributed by atoms with Gasteiger partial charge in [0.05, 0.1) is 33.4 Å². The highest BCUT2D eigenvalue weighted by atomic mass is 16.5. The number of carbonyl (C=O) groups is 3. The number of benzene rings is 2. The SMILES string of the molecule is COc1ccc(CC(=O)N/N=C\c2ccc(CNC(=O)C(=O)Nc3ccccc3)o2)cc1OC. The molecule has 1 heterocycles. The molecular weight excluding hydrogens is 440 g/mol. The number of ether oxygens (including phenoxy) is 2. The van der Waals surface area contributed by atoms with Crippen LogP contribution in [0.25, 0.3) is 0 Å². The number of hydrogen-bond acceptors (Lipinski definition) is 7. The predicted molar refractivity (Wildman–Crippen MR) is 125 cm³/mol. The molecule has 3 amide bonds. The van der Waals surface area contributed by atoms with Crippen molar-refractivity contribution in [2.75, 3.05) is 19.5 Å². The molecule has 0 saturated carbocycles. The number of furan rings is 1. The summed E-state index contributed by atoms with van der Waals surface area (Å²) in [7, 11) is 3.06. The van der Waals surface area contributed by atoms with Gasteiger partial charge in [-0.3, -0.25) is 14.4 Å². The van der Waals surface area contributed by atoms with Crippen molar-refractivity contribution in [3.8, 4) is 11.5 Å². The number of hydrogen-bond donors (Lipinski definition) is 3. The van der Waals surface area contributed by atoms with Gasteiger partial charge in [0, 0.05) is 5.69 Å². The number of carbonyl (C=O) groups excluding carboxylic acids is 3. The molecule has 0 saturated heterocycles. The molecule has 2 aromatic carbocycles. The minimum absolute atomic E-state index is 0.0144. The zero-order valence-corrected chi connectivity index (χ0v) is 18.7. The Morgan fingerprint density at radius 1 is 0.941 bits per heavy atom. The zero-order chi connectivity index (χ0) is 24.3. The van der Waals surface area contributed by atoms with E-state index in [2.05, 4.69) is 21.2 Å². The van der Waals surface area contributed by atoms with Crippen LogP contribution in [0, 0.1) is 0 Å². The summed E-state index contributed by atoms with van der Waals surface area (Å²) in [5, 5.41) is 8.84. The van der Waals surface area contributed by atoms with Gasteiger partial charge in [-0.15, -0.1) is 0 Å². The third-order valence-electron chi connectivity index (χ3n) is 4.54. The number of anilines is 1. The summed E-state index contributed by atoms with van der Waals surface area (Å²) >= 11 is 0. The predicted octanol–water partition coefficient (Wildman–Crippen LogP) is 2.24.